The van der Waals surface area contributed by atoms with E-state index in [9.17, 15) is 13.2 Å². The van der Waals surface area contributed by atoms with Gasteiger partial charge in [0.15, 0.2) is 0 Å². The first-order valence-corrected chi connectivity index (χ1v) is 12.0. The molecule has 3 rings (SSSR count). The minimum Gasteiger partial charge on any atom is -0.497 e. The maximum Gasteiger partial charge on any atom is 0.264 e. The van der Waals surface area contributed by atoms with E-state index in [2.05, 4.69) is 5.32 Å². The van der Waals surface area contributed by atoms with Crippen LogP contribution in [0.4, 0.5) is 5.69 Å². The van der Waals surface area contributed by atoms with Gasteiger partial charge in [-0.15, -0.1) is 0 Å². The van der Waals surface area contributed by atoms with Crippen LogP contribution in [0.15, 0.2) is 77.7 Å². The molecule has 0 heterocycles. The summed E-state index contributed by atoms with van der Waals surface area (Å²) < 4.78 is 38.5. The molecule has 3 aromatic carbocycles. The van der Waals surface area contributed by atoms with Crippen LogP contribution in [-0.4, -0.2) is 41.1 Å². The highest BCUT2D eigenvalue weighted by Gasteiger charge is 2.27. The summed E-state index contributed by atoms with van der Waals surface area (Å²) in [4.78, 5) is 12.7. The van der Waals surface area contributed by atoms with Crippen LogP contribution in [0, 0.1) is 6.92 Å². The number of hydrogen-bond donors (Lipinski definition) is 1. The number of sulfonamides is 1. The molecule has 0 aliphatic rings. The average Bonchev–Trinajstić information content (AvgIpc) is 2.82. The summed E-state index contributed by atoms with van der Waals surface area (Å²) in [7, 11) is -2.53. The quantitative estimate of drug-likeness (QED) is 0.435. The zero-order valence-electron chi connectivity index (χ0n) is 18.3. The third-order valence-corrected chi connectivity index (χ3v) is 6.86. The van der Waals surface area contributed by atoms with Gasteiger partial charge in [-0.05, 0) is 67.1 Å². The third-order valence-electron chi connectivity index (χ3n) is 4.82. The molecule has 174 valence electrons. The number of rotatable bonds is 10. The number of benzene rings is 3. The molecule has 0 saturated heterocycles. The first kappa shape index (κ1) is 24.4. The van der Waals surface area contributed by atoms with Gasteiger partial charge in [0, 0.05) is 5.02 Å². The number of aryl methyl sites for hydroxylation is 1. The molecule has 0 aromatic heterocycles. The highest BCUT2D eigenvalue weighted by Crippen LogP contribution is 2.26. The molecule has 0 spiro atoms. The number of methoxy groups -OCH3 is 1. The van der Waals surface area contributed by atoms with Crippen LogP contribution < -0.4 is 19.1 Å². The molecule has 33 heavy (non-hydrogen) atoms. The number of nitrogens with one attached hydrogen (secondary N) is 1. The number of ether oxygens (including phenoxy) is 2. The van der Waals surface area contributed by atoms with Crippen molar-refractivity contribution in [2.45, 2.75) is 11.8 Å². The second-order valence-electron chi connectivity index (χ2n) is 7.13. The topological polar surface area (TPSA) is 84.9 Å². The predicted molar refractivity (Wildman–Crippen MR) is 129 cm³/mol. The van der Waals surface area contributed by atoms with Gasteiger partial charge in [-0.2, -0.15) is 0 Å². The van der Waals surface area contributed by atoms with Gasteiger partial charge in [-0.1, -0.05) is 29.8 Å². The summed E-state index contributed by atoms with van der Waals surface area (Å²) in [5, 5.41) is 3.17. The third kappa shape index (κ3) is 6.40. The van der Waals surface area contributed by atoms with E-state index >= 15 is 0 Å². The summed E-state index contributed by atoms with van der Waals surface area (Å²) >= 11 is 5.96. The van der Waals surface area contributed by atoms with E-state index in [1.165, 1.54) is 19.2 Å². The van der Waals surface area contributed by atoms with Crippen molar-refractivity contribution in [3.05, 3.63) is 83.4 Å². The number of nitrogens with zero attached hydrogens (tertiary/aromatic N) is 1. The van der Waals surface area contributed by atoms with Crippen LogP contribution in [-0.2, 0) is 14.8 Å². The van der Waals surface area contributed by atoms with Gasteiger partial charge in [0.05, 0.1) is 24.2 Å². The Hall–Kier alpha value is -3.23. The number of anilines is 1. The molecule has 3 aromatic rings. The van der Waals surface area contributed by atoms with Gasteiger partial charge >= 0.3 is 0 Å². The molecular weight excluding hydrogens is 464 g/mol. The van der Waals surface area contributed by atoms with Gasteiger partial charge < -0.3 is 14.8 Å². The van der Waals surface area contributed by atoms with Crippen molar-refractivity contribution in [3.8, 4) is 11.5 Å². The highest BCUT2D eigenvalue weighted by atomic mass is 35.5. The zero-order chi connectivity index (χ0) is 23.8. The molecule has 7 nitrogen and oxygen atoms in total. The fraction of sp³-hybridized carbons (Fsp3) is 0.208. The molecule has 0 atom stereocenters. The van der Waals surface area contributed by atoms with Crippen LogP contribution in [0.3, 0.4) is 0 Å². The minimum atomic E-state index is -4.02. The zero-order valence-corrected chi connectivity index (χ0v) is 19.9. The van der Waals surface area contributed by atoms with Gasteiger partial charge in [0.2, 0.25) is 5.91 Å². The number of hydrogen-bond acceptors (Lipinski definition) is 5. The molecule has 0 bridgehead atoms. The lowest BCUT2D eigenvalue weighted by atomic mass is 10.2. The standard InChI is InChI=1S/C24H25ClN2O5S/c1-18-5-3-4-6-23(18)32-16-15-26-24(28)17-27(20-9-7-19(25)8-10-20)33(29,30)22-13-11-21(31-2)12-14-22/h3-14H,15-17H2,1-2H3,(H,26,28). The Labute approximate surface area is 198 Å². The van der Waals surface area contributed by atoms with Gasteiger partial charge in [0.25, 0.3) is 10.0 Å². The smallest absolute Gasteiger partial charge is 0.264 e. The Morgan fingerprint density at radius 2 is 1.67 bits per heavy atom. The van der Waals surface area contributed by atoms with Crippen molar-refractivity contribution in [2.24, 2.45) is 0 Å². The second kappa shape index (κ2) is 11.1. The molecule has 0 aliphatic heterocycles. The molecule has 0 aliphatic carbocycles. The van der Waals surface area contributed by atoms with Crippen LogP contribution in [0.1, 0.15) is 5.56 Å². The normalized spacial score (nSPS) is 11.0. The summed E-state index contributed by atoms with van der Waals surface area (Å²) in [6.45, 7) is 2.01. The molecule has 1 amide bonds. The molecule has 1 N–H and O–H groups in total. The van der Waals surface area contributed by atoms with E-state index in [0.717, 1.165) is 15.6 Å². The van der Waals surface area contributed by atoms with Crippen molar-refractivity contribution in [2.75, 3.05) is 31.1 Å². The molecular formula is C24H25ClN2O5S. The number of carbonyl (C=O) groups is 1. The van der Waals surface area contributed by atoms with Crippen molar-refractivity contribution >= 4 is 33.2 Å². The lowest BCUT2D eigenvalue weighted by molar-refractivity contribution is -0.119. The van der Waals surface area contributed by atoms with Crippen molar-refractivity contribution in [1.29, 1.82) is 0 Å². The van der Waals surface area contributed by atoms with Crippen molar-refractivity contribution < 1.29 is 22.7 Å². The molecule has 0 unspecified atom stereocenters. The fourth-order valence-electron chi connectivity index (χ4n) is 3.05. The predicted octanol–water partition coefficient (Wildman–Crippen LogP) is 4.05. The highest BCUT2D eigenvalue weighted by molar-refractivity contribution is 7.92. The SMILES string of the molecule is COc1ccc(S(=O)(=O)N(CC(=O)NCCOc2ccccc2C)c2ccc(Cl)cc2)cc1. The first-order chi connectivity index (χ1) is 15.8. The lowest BCUT2D eigenvalue weighted by Gasteiger charge is -2.24. The summed E-state index contributed by atoms with van der Waals surface area (Å²) in [6, 6.07) is 19.8. The summed E-state index contributed by atoms with van der Waals surface area (Å²) in [6.07, 6.45) is 0. The lowest BCUT2D eigenvalue weighted by Crippen LogP contribution is -2.41. The van der Waals surface area contributed by atoms with Gasteiger partial charge in [-0.3, -0.25) is 9.10 Å². The van der Waals surface area contributed by atoms with Crippen LogP contribution >= 0.6 is 11.6 Å². The summed E-state index contributed by atoms with van der Waals surface area (Å²) in [5.74, 6) is 0.797. The average molecular weight is 489 g/mol. The van der Waals surface area contributed by atoms with Gasteiger partial charge in [0.1, 0.15) is 24.7 Å². The van der Waals surface area contributed by atoms with E-state index < -0.39 is 22.5 Å². The summed E-state index contributed by atoms with van der Waals surface area (Å²) in [5.41, 5.74) is 1.31. The Morgan fingerprint density at radius 3 is 2.30 bits per heavy atom. The van der Waals surface area contributed by atoms with Crippen molar-refractivity contribution in [3.63, 3.8) is 0 Å². The molecule has 9 heteroatoms. The Balaban J connectivity index is 1.72. The molecule has 0 saturated carbocycles. The number of carbonyl (C=O) groups excluding carboxylic acids is 1. The van der Waals surface area contributed by atoms with E-state index in [1.807, 2.05) is 31.2 Å². The maximum atomic E-state index is 13.4. The number of para-hydroxylation sites is 1. The maximum absolute atomic E-state index is 13.4. The Bertz CT molecular complexity index is 1180. The second-order valence-corrected chi connectivity index (χ2v) is 9.43. The van der Waals surface area contributed by atoms with E-state index in [0.29, 0.717) is 16.5 Å². The van der Waals surface area contributed by atoms with Gasteiger partial charge in [-0.25, -0.2) is 8.42 Å². The molecule has 0 radical (unpaired) electrons. The molecule has 0 fully saturated rings. The van der Waals surface area contributed by atoms with Crippen LogP contribution in [0.2, 0.25) is 5.02 Å². The van der Waals surface area contributed by atoms with E-state index in [4.69, 9.17) is 21.1 Å². The Kier molecular flexibility index (Phi) is 8.19. The Morgan fingerprint density at radius 1 is 1.00 bits per heavy atom. The van der Waals surface area contributed by atoms with E-state index in [1.54, 1.807) is 36.4 Å². The minimum absolute atomic E-state index is 0.0361. The van der Waals surface area contributed by atoms with Crippen molar-refractivity contribution in [1.82, 2.24) is 5.32 Å². The van der Waals surface area contributed by atoms with Crippen LogP contribution in [0.5, 0.6) is 11.5 Å². The van der Waals surface area contributed by atoms with Crippen LogP contribution in [0.25, 0.3) is 0 Å². The number of amides is 1. The first-order valence-electron chi connectivity index (χ1n) is 10.2. The fourth-order valence-corrected chi connectivity index (χ4v) is 4.60. The monoisotopic (exact) mass is 488 g/mol. The number of halogens is 1. The van der Waals surface area contributed by atoms with E-state index in [-0.39, 0.29) is 18.0 Å². The largest absolute Gasteiger partial charge is 0.497 e.